The second-order valence-electron chi connectivity index (χ2n) is 4.91. The Kier molecular flexibility index (Phi) is 6.02. The van der Waals surface area contributed by atoms with Crippen molar-refractivity contribution in [2.24, 2.45) is 0 Å². The summed E-state index contributed by atoms with van der Waals surface area (Å²) in [5.74, 6) is 2.38. The largest absolute Gasteiger partial charge is 0.377 e. The van der Waals surface area contributed by atoms with Crippen molar-refractivity contribution in [3.8, 4) is 0 Å². The normalized spacial score (nSPS) is 11.4. The van der Waals surface area contributed by atoms with Crippen molar-refractivity contribution >= 4 is 11.6 Å². The number of hydrogen-bond donors (Lipinski definition) is 2. The minimum Gasteiger partial charge on any atom is -0.377 e. The fraction of sp³-hybridized carbons (Fsp3) is 0.714. The molecule has 1 aromatic rings. The van der Waals surface area contributed by atoms with Crippen molar-refractivity contribution < 1.29 is 4.74 Å². The minimum absolute atomic E-state index is 0.0577. The quantitative estimate of drug-likeness (QED) is 0.757. The smallest absolute Gasteiger partial charge is 0.158 e. The molecule has 0 unspecified atom stereocenters. The van der Waals surface area contributed by atoms with Gasteiger partial charge in [0.1, 0.15) is 18.2 Å². The van der Waals surface area contributed by atoms with E-state index >= 15 is 0 Å². The zero-order valence-electron chi connectivity index (χ0n) is 12.7. The van der Waals surface area contributed by atoms with E-state index in [1.165, 1.54) is 0 Å². The van der Waals surface area contributed by atoms with E-state index in [1.54, 1.807) is 7.11 Å². The summed E-state index contributed by atoms with van der Waals surface area (Å²) in [6.07, 6.45) is 2.09. The number of ether oxygens (including phenoxy) is 1. The van der Waals surface area contributed by atoms with Crippen LogP contribution in [-0.4, -0.2) is 29.2 Å². The summed E-state index contributed by atoms with van der Waals surface area (Å²) < 4.78 is 5.12. The average Bonchev–Trinajstić information content (AvgIpc) is 2.39. The van der Waals surface area contributed by atoms with Crippen LogP contribution in [0.2, 0.25) is 0 Å². The molecule has 0 spiro atoms. The molecule has 5 heteroatoms. The molecule has 1 heterocycles. The summed E-state index contributed by atoms with van der Waals surface area (Å²) in [6, 6.07) is 1.95. The first-order valence-corrected chi connectivity index (χ1v) is 6.95. The lowest BCUT2D eigenvalue weighted by atomic mass is 9.96. The van der Waals surface area contributed by atoms with Crippen LogP contribution >= 0.6 is 0 Å². The van der Waals surface area contributed by atoms with E-state index in [1.807, 2.05) is 13.0 Å². The van der Waals surface area contributed by atoms with Crippen LogP contribution in [0.3, 0.4) is 0 Å². The third-order valence-electron chi connectivity index (χ3n) is 3.39. The molecule has 0 aliphatic heterocycles. The Morgan fingerprint density at radius 3 is 2.32 bits per heavy atom. The van der Waals surface area contributed by atoms with Crippen LogP contribution in [0.15, 0.2) is 6.07 Å². The van der Waals surface area contributed by atoms with Gasteiger partial charge in [-0.15, -0.1) is 0 Å². The van der Waals surface area contributed by atoms with Gasteiger partial charge in [-0.05, 0) is 26.7 Å². The Labute approximate surface area is 116 Å². The molecule has 1 rings (SSSR count). The van der Waals surface area contributed by atoms with Gasteiger partial charge in [-0.3, -0.25) is 0 Å². The van der Waals surface area contributed by atoms with Gasteiger partial charge in [0.15, 0.2) is 5.82 Å². The van der Waals surface area contributed by atoms with Gasteiger partial charge in [0.2, 0.25) is 0 Å². The monoisotopic (exact) mass is 266 g/mol. The van der Waals surface area contributed by atoms with E-state index in [0.29, 0.717) is 12.4 Å². The van der Waals surface area contributed by atoms with Gasteiger partial charge in [-0.25, -0.2) is 9.97 Å². The van der Waals surface area contributed by atoms with E-state index < -0.39 is 0 Å². The van der Waals surface area contributed by atoms with E-state index in [2.05, 4.69) is 41.4 Å². The van der Waals surface area contributed by atoms with Crippen molar-refractivity contribution in [3.05, 3.63) is 11.9 Å². The van der Waals surface area contributed by atoms with Gasteiger partial charge in [-0.2, -0.15) is 0 Å². The van der Waals surface area contributed by atoms with Gasteiger partial charge in [0.25, 0.3) is 0 Å². The van der Waals surface area contributed by atoms with Crippen LogP contribution in [0.1, 0.15) is 46.4 Å². The number of nitrogens with zero attached hydrogens (tertiary/aromatic N) is 2. The SMILES string of the molecule is CCNc1cc(NC(C)(CC)CC)nc(COC)n1. The third-order valence-corrected chi connectivity index (χ3v) is 3.39. The van der Waals surface area contributed by atoms with Crippen molar-refractivity contribution in [3.63, 3.8) is 0 Å². The first-order valence-electron chi connectivity index (χ1n) is 6.95. The van der Waals surface area contributed by atoms with Gasteiger partial charge in [-0.1, -0.05) is 13.8 Å². The number of rotatable bonds is 8. The Balaban J connectivity index is 2.98. The van der Waals surface area contributed by atoms with E-state index in [4.69, 9.17) is 4.74 Å². The standard InChI is InChI=1S/C14H26N4O/c1-6-14(4,7-2)18-12-9-11(15-8-3)16-13(17-12)10-19-5/h9H,6-8,10H2,1-5H3,(H2,15,16,17,18). The van der Waals surface area contributed by atoms with Crippen molar-refractivity contribution in [2.45, 2.75) is 52.7 Å². The molecule has 2 N–H and O–H groups in total. The summed E-state index contributed by atoms with van der Waals surface area (Å²) in [7, 11) is 1.65. The molecule has 1 aromatic heterocycles. The zero-order valence-corrected chi connectivity index (χ0v) is 12.7. The lowest BCUT2D eigenvalue weighted by molar-refractivity contribution is 0.178. The van der Waals surface area contributed by atoms with Gasteiger partial charge >= 0.3 is 0 Å². The molecule has 0 aliphatic carbocycles. The lowest BCUT2D eigenvalue weighted by Crippen LogP contribution is -2.33. The highest BCUT2D eigenvalue weighted by molar-refractivity contribution is 5.48. The maximum atomic E-state index is 5.12. The van der Waals surface area contributed by atoms with Crippen LogP contribution < -0.4 is 10.6 Å². The maximum Gasteiger partial charge on any atom is 0.158 e. The minimum atomic E-state index is 0.0577. The lowest BCUT2D eigenvalue weighted by Gasteiger charge is -2.29. The Bertz CT molecular complexity index is 367. The highest BCUT2D eigenvalue weighted by atomic mass is 16.5. The average molecular weight is 266 g/mol. The molecule has 0 aromatic carbocycles. The van der Waals surface area contributed by atoms with Crippen LogP contribution in [0.4, 0.5) is 11.6 Å². The summed E-state index contributed by atoms with van der Waals surface area (Å²) in [5.41, 5.74) is 0.0577. The Morgan fingerprint density at radius 1 is 1.16 bits per heavy atom. The number of nitrogens with one attached hydrogen (secondary N) is 2. The van der Waals surface area contributed by atoms with E-state index in [9.17, 15) is 0 Å². The van der Waals surface area contributed by atoms with Gasteiger partial charge in [0, 0.05) is 25.3 Å². The zero-order chi connectivity index (χ0) is 14.3. The highest BCUT2D eigenvalue weighted by Gasteiger charge is 2.20. The second kappa shape index (κ2) is 7.28. The van der Waals surface area contributed by atoms with Crippen LogP contribution in [0.25, 0.3) is 0 Å². The molecular weight excluding hydrogens is 240 g/mol. The highest BCUT2D eigenvalue weighted by Crippen LogP contribution is 2.22. The first kappa shape index (κ1) is 15.7. The molecule has 108 valence electrons. The van der Waals surface area contributed by atoms with Crippen LogP contribution in [-0.2, 0) is 11.3 Å². The molecular formula is C14H26N4O. The van der Waals surface area contributed by atoms with Crippen molar-refractivity contribution in [2.75, 3.05) is 24.3 Å². The number of anilines is 2. The maximum absolute atomic E-state index is 5.12. The third kappa shape index (κ3) is 4.67. The van der Waals surface area contributed by atoms with Crippen molar-refractivity contribution in [1.82, 2.24) is 9.97 Å². The molecule has 0 radical (unpaired) electrons. The first-order chi connectivity index (χ1) is 9.06. The molecule has 0 atom stereocenters. The fourth-order valence-corrected chi connectivity index (χ4v) is 1.76. The molecule has 0 fully saturated rings. The molecule has 5 nitrogen and oxygen atoms in total. The number of hydrogen-bond acceptors (Lipinski definition) is 5. The predicted octanol–water partition coefficient (Wildman–Crippen LogP) is 3.05. The molecule has 0 bridgehead atoms. The summed E-state index contributed by atoms with van der Waals surface area (Å²) in [5, 5.41) is 6.73. The molecule has 19 heavy (non-hydrogen) atoms. The fourth-order valence-electron chi connectivity index (χ4n) is 1.76. The van der Waals surface area contributed by atoms with Gasteiger partial charge < -0.3 is 15.4 Å². The van der Waals surface area contributed by atoms with E-state index in [-0.39, 0.29) is 5.54 Å². The Morgan fingerprint density at radius 2 is 1.79 bits per heavy atom. The molecule has 0 aliphatic rings. The number of methoxy groups -OCH3 is 1. The Hall–Kier alpha value is -1.36. The molecule has 0 saturated heterocycles. The second-order valence-corrected chi connectivity index (χ2v) is 4.91. The summed E-state index contributed by atoms with van der Waals surface area (Å²) >= 11 is 0. The van der Waals surface area contributed by atoms with Crippen LogP contribution in [0.5, 0.6) is 0 Å². The molecule has 0 saturated carbocycles. The van der Waals surface area contributed by atoms with Crippen LogP contribution in [0, 0.1) is 0 Å². The molecule has 0 amide bonds. The van der Waals surface area contributed by atoms with Gasteiger partial charge in [0.05, 0.1) is 0 Å². The predicted molar refractivity (Wildman–Crippen MR) is 79.5 cm³/mol. The summed E-state index contributed by atoms with van der Waals surface area (Å²) in [4.78, 5) is 8.91. The summed E-state index contributed by atoms with van der Waals surface area (Å²) in [6.45, 7) is 9.87. The van der Waals surface area contributed by atoms with E-state index in [0.717, 1.165) is 31.0 Å². The van der Waals surface area contributed by atoms with Crippen molar-refractivity contribution in [1.29, 1.82) is 0 Å². The number of aromatic nitrogens is 2. The topological polar surface area (TPSA) is 59.1 Å².